The van der Waals surface area contributed by atoms with Crippen LogP contribution in [-0.4, -0.2) is 36.4 Å². The van der Waals surface area contributed by atoms with Crippen LogP contribution in [-0.2, 0) is 12.7 Å². The molecule has 3 heterocycles. The minimum atomic E-state index is -4.37. The standard InChI is InChI=1S/C26H30F3N5/c1-17-19(4-3-5-23(17)26(27,28)29)15-31-24-22-14-20(6-7-21(22)18(2)32-33-24)34-12-9-25(10-13-34)8-11-30-16-25/h3-7,14,30H,8-13,15-16H2,1-2H3,(H,31,33). The Morgan fingerprint density at radius 2 is 1.82 bits per heavy atom. The molecule has 5 rings (SSSR count). The zero-order valence-electron chi connectivity index (χ0n) is 19.6. The molecular formula is C26H30F3N5. The first-order valence-electron chi connectivity index (χ1n) is 11.9. The van der Waals surface area contributed by atoms with Crippen LogP contribution in [0.15, 0.2) is 36.4 Å². The van der Waals surface area contributed by atoms with Crippen molar-refractivity contribution in [1.29, 1.82) is 0 Å². The lowest BCUT2D eigenvalue weighted by Crippen LogP contribution is -2.41. The van der Waals surface area contributed by atoms with Gasteiger partial charge < -0.3 is 15.5 Å². The first-order chi connectivity index (χ1) is 16.3. The molecule has 2 fully saturated rings. The van der Waals surface area contributed by atoms with E-state index in [4.69, 9.17) is 0 Å². The monoisotopic (exact) mass is 469 g/mol. The highest BCUT2D eigenvalue weighted by molar-refractivity contribution is 5.95. The van der Waals surface area contributed by atoms with Gasteiger partial charge in [0.15, 0.2) is 5.82 Å². The second kappa shape index (κ2) is 8.73. The first-order valence-corrected chi connectivity index (χ1v) is 11.9. The van der Waals surface area contributed by atoms with Gasteiger partial charge in [-0.1, -0.05) is 18.2 Å². The topological polar surface area (TPSA) is 53.1 Å². The van der Waals surface area contributed by atoms with E-state index in [2.05, 4.69) is 43.9 Å². The zero-order chi connectivity index (χ0) is 23.9. The number of aryl methyl sites for hydroxylation is 1. The summed E-state index contributed by atoms with van der Waals surface area (Å²) in [6.45, 7) is 7.97. The number of piperidine rings is 1. The Kier molecular flexibility index (Phi) is 5.88. The van der Waals surface area contributed by atoms with Crippen LogP contribution in [0.3, 0.4) is 0 Å². The lowest BCUT2D eigenvalue weighted by Gasteiger charge is -2.40. The average molecular weight is 470 g/mol. The van der Waals surface area contributed by atoms with Gasteiger partial charge in [0, 0.05) is 42.6 Å². The van der Waals surface area contributed by atoms with Crippen LogP contribution in [0.4, 0.5) is 24.7 Å². The highest BCUT2D eigenvalue weighted by Crippen LogP contribution is 2.39. The smallest absolute Gasteiger partial charge is 0.371 e. The number of nitrogens with one attached hydrogen (secondary N) is 2. The fourth-order valence-electron chi connectivity index (χ4n) is 5.43. The summed E-state index contributed by atoms with van der Waals surface area (Å²) in [5, 5.41) is 17.3. The van der Waals surface area contributed by atoms with Gasteiger partial charge in [-0.2, -0.15) is 18.3 Å². The minimum Gasteiger partial charge on any atom is -0.371 e. The summed E-state index contributed by atoms with van der Waals surface area (Å²) < 4.78 is 39.9. The molecule has 0 amide bonds. The number of benzene rings is 2. The molecule has 2 aromatic carbocycles. The van der Waals surface area contributed by atoms with E-state index in [0.29, 0.717) is 16.8 Å². The second-order valence-electron chi connectivity index (χ2n) is 9.72. The fraction of sp³-hybridized carbons (Fsp3) is 0.462. The number of anilines is 2. The van der Waals surface area contributed by atoms with Gasteiger partial charge >= 0.3 is 6.18 Å². The van der Waals surface area contributed by atoms with Crippen LogP contribution in [0, 0.1) is 19.3 Å². The third-order valence-electron chi connectivity index (χ3n) is 7.67. The number of halogens is 3. The summed E-state index contributed by atoms with van der Waals surface area (Å²) in [6, 6.07) is 10.7. The van der Waals surface area contributed by atoms with E-state index in [-0.39, 0.29) is 12.1 Å². The van der Waals surface area contributed by atoms with Crippen LogP contribution >= 0.6 is 0 Å². The summed E-state index contributed by atoms with van der Waals surface area (Å²) in [7, 11) is 0. The maximum atomic E-state index is 13.3. The van der Waals surface area contributed by atoms with Gasteiger partial charge in [0.2, 0.25) is 0 Å². The summed E-state index contributed by atoms with van der Waals surface area (Å²) in [5.41, 5.74) is 2.65. The van der Waals surface area contributed by atoms with Crippen molar-refractivity contribution in [3.05, 3.63) is 58.8 Å². The van der Waals surface area contributed by atoms with Crippen molar-refractivity contribution in [2.45, 2.75) is 45.8 Å². The number of rotatable bonds is 4. The molecule has 180 valence electrons. The Labute approximate surface area is 197 Å². The lowest BCUT2D eigenvalue weighted by molar-refractivity contribution is -0.138. The Bertz CT molecular complexity index is 1190. The van der Waals surface area contributed by atoms with Gasteiger partial charge in [-0.25, -0.2) is 0 Å². The van der Waals surface area contributed by atoms with Gasteiger partial charge in [0.05, 0.1) is 11.3 Å². The molecule has 8 heteroatoms. The van der Waals surface area contributed by atoms with E-state index >= 15 is 0 Å². The third kappa shape index (κ3) is 4.31. The van der Waals surface area contributed by atoms with Crippen LogP contribution in [0.1, 0.15) is 41.6 Å². The largest absolute Gasteiger partial charge is 0.416 e. The van der Waals surface area contributed by atoms with E-state index in [1.54, 1.807) is 6.07 Å². The number of hydrogen-bond donors (Lipinski definition) is 2. The van der Waals surface area contributed by atoms with Crippen molar-refractivity contribution in [2.24, 2.45) is 5.41 Å². The molecule has 0 bridgehead atoms. The van der Waals surface area contributed by atoms with Crippen LogP contribution in [0.2, 0.25) is 0 Å². The summed E-state index contributed by atoms with van der Waals surface area (Å²) in [5.74, 6) is 0.590. The molecule has 1 aromatic heterocycles. The number of hydrogen-bond acceptors (Lipinski definition) is 5. The lowest BCUT2D eigenvalue weighted by atomic mass is 9.78. The Morgan fingerprint density at radius 3 is 2.53 bits per heavy atom. The quantitative estimate of drug-likeness (QED) is 0.532. The van der Waals surface area contributed by atoms with Crippen LogP contribution in [0.5, 0.6) is 0 Å². The highest BCUT2D eigenvalue weighted by Gasteiger charge is 2.37. The Morgan fingerprint density at radius 1 is 1.03 bits per heavy atom. The SMILES string of the molecule is Cc1c(CNc2nnc(C)c3ccc(N4CCC5(CCNC5)CC4)cc23)cccc1C(F)(F)F. The molecular weight excluding hydrogens is 439 g/mol. The molecule has 0 saturated carbocycles. The van der Waals surface area contributed by atoms with Gasteiger partial charge in [-0.3, -0.25) is 0 Å². The molecule has 2 saturated heterocycles. The van der Waals surface area contributed by atoms with Gasteiger partial charge in [0.25, 0.3) is 0 Å². The molecule has 0 aliphatic carbocycles. The van der Waals surface area contributed by atoms with E-state index in [1.807, 2.05) is 6.92 Å². The van der Waals surface area contributed by atoms with Crippen molar-refractivity contribution in [3.63, 3.8) is 0 Å². The first kappa shape index (κ1) is 22.9. The van der Waals surface area contributed by atoms with E-state index in [0.717, 1.165) is 54.4 Å². The number of alkyl halides is 3. The number of nitrogens with zero attached hydrogens (tertiary/aromatic N) is 3. The molecule has 0 radical (unpaired) electrons. The fourth-order valence-corrected chi connectivity index (χ4v) is 5.43. The predicted octanol–water partition coefficient (Wildman–Crippen LogP) is 5.46. The zero-order valence-corrected chi connectivity index (χ0v) is 19.6. The summed E-state index contributed by atoms with van der Waals surface area (Å²) in [4.78, 5) is 2.43. The second-order valence-corrected chi connectivity index (χ2v) is 9.72. The Hall–Kier alpha value is -2.87. The normalized spacial score (nSPS) is 18.1. The molecule has 2 aliphatic rings. The van der Waals surface area contributed by atoms with Crippen molar-refractivity contribution >= 4 is 22.3 Å². The molecule has 1 spiro atoms. The molecule has 34 heavy (non-hydrogen) atoms. The maximum Gasteiger partial charge on any atom is 0.416 e. The molecule has 5 nitrogen and oxygen atoms in total. The summed E-state index contributed by atoms with van der Waals surface area (Å²) in [6.07, 6.45) is -0.736. The van der Waals surface area contributed by atoms with E-state index in [1.165, 1.54) is 32.3 Å². The number of fused-ring (bicyclic) bond motifs is 1. The predicted molar refractivity (Wildman–Crippen MR) is 129 cm³/mol. The van der Waals surface area contributed by atoms with E-state index in [9.17, 15) is 13.2 Å². The van der Waals surface area contributed by atoms with Crippen molar-refractivity contribution < 1.29 is 13.2 Å². The average Bonchev–Trinajstić information content (AvgIpc) is 3.27. The van der Waals surface area contributed by atoms with Gasteiger partial charge in [-0.15, -0.1) is 5.10 Å². The van der Waals surface area contributed by atoms with Gasteiger partial charge in [-0.05, 0) is 74.4 Å². The number of aromatic nitrogens is 2. The van der Waals surface area contributed by atoms with Gasteiger partial charge in [0.1, 0.15) is 0 Å². The summed E-state index contributed by atoms with van der Waals surface area (Å²) >= 11 is 0. The highest BCUT2D eigenvalue weighted by atomic mass is 19.4. The maximum absolute atomic E-state index is 13.3. The van der Waals surface area contributed by atoms with Crippen molar-refractivity contribution in [2.75, 3.05) is 36.4 Å². The van der Waals surface area contributed by atoms with Crippen molar-refractivity contribution in [3.8, 4) is 0 Å². The molecule has 3 aromatic rings. The molecule has 0 atom stereocenters. The molecule has 2 aliphatic heterocycles. The molecule has 0 unspecified atom stereocenters. The van der Waals surface area contributed by atoms with E-state index < -0.39 is 11.7 Å². The minimum absolute atomic E-state index is 0.233. The van der Waals surface area contributed by atoms with Crippen molar-refractivity contribution in [1.82, 2.24) is 15.5 Å². The van der Waals surface area contributed by atoms with Crippen LogP contribution in [0.25, 0.3) is 10.8 Å². The van der Waals surface area contributed by atoms with Crippen LogP contribution < -0.4 is 15.5 Å². The third-order valence-corrected chi connectivity index (χ3v) is 7.67. The molecule has 2 N–H and O–H groups in total. The Balaban J connectivity index is 1.40.